The molecule has 1 amide bonds. The third kappa shape index (κ3) is 3.76. The van der Waals surface area contributed by atoms with E-state index in [0.717, 1.165) is 18.4 Å². The Morgan fingerprint density at radius 1 is 1.28 bits per heavy atom. The SMILES string of the molecule is CCCCOc1ncccc1CNC(=O)c1c(C)nn2cccnc12. The van der Waals surface area contributed by atoms with Crippen molar-refractivity contribution in [2.24, 2.45) is 0 Å². The lowest BCUT2D eigenvalue weighted by molar-refractivity contribution is 0.0951. The van der Waals surface area contributed by atoms with Crippen molar-refractivity contribution in [3.05, 3.63) is 53.6 Å². The lowest BCUT2D eigenvalue weighted by Crippen LogP contribution is -2.24. The summed E-state index contributed by atoms with van der Waals surface area (Å²) in [5, 5.41) is 7.23. The number of aryl methyl sites for hydroxylation is 1. The van der Waals surface area contributed by atoms with Crippen LogP contribution in [-0.4, -0.2) is 32.1 Å². The van der Waals surface area contributed by atoms with Crippen molar-refractivity contribution in [1.82, 2.24) is 24.9 Å². The van der Waals surface area contributed by atoms with Gasteiger partial charge in [-0.2, -0.15) is 5.10 Å². The third-order valence-electron chi connectivity index (χ3n) is 3.82. The molecule has 0 aliphatic carbocycles. The van der Waals surface area contributed by atoms with Crippen LogP contribution in [-0.2, 0) is 6.54 Å². The first-order chi connectivity index (χ1) is 12.2. The molecule has 3 aromatic rings. The third-order valence-corrected chi connectivity index (χ3v) is 3.82. The van der Waals surface area contributed by atoms with Crippen LogP contribution < -0.4 is 10.1 Å². The number of unbranched alkanes of at least 4 members (excludes halogenated alkanes) is 1. The highest BCUT2D eigenvalue weighted by Gasteiger charge is 2.18. The molecule has 0 saturated heterocycles. The number of rotatable bonds is 7. The molecule has 0 aliphatic rings. The van der Waals surface area contributed by atoms with Crippen LogP contribution in [0.25, 0.3) is 5.65 Å². The maximum absolute atomic E-state index is 12.6. The molecule has 3 heterocycles. The number of amides is 1. The van der Waals surface area contributed by atoms with E-state index in [-0.39, 0.29) is 5.91 Å². The monoisotopic (exact) mass is 339 g/mol. The molecule has 0 unspecified atom stereocenters. The molecule has 1 N–H and O–H groups in total. The van der Waals surface area contributed by atoms with Crippen molar-refractivity contribution in [3.63, 3.8) is 0 Å². The van der Waals surface area contributed by atoms with E-state index in [1.54, 1.807) is 36.1 Å². The largest absolute Gasteiger partial charge is 0.477 e. The van der Waals surface area contributed by atoms with E-state index in [2.05, 4.69) is 27.3 Å². The summed E-state index contributed by atoms with van der Waals surface area (Å²) in [5.41, 5.74) is 2.51. The fourth-order valence-electron chi connectivity index (χ4n) is 2.53. The summed E-state index contributed by atoms with van der Waals surface area (Å²) in [4.78, 5) is 21.1. The summed E-state index contributed by atoms with van der Waals surface area (Å²) >= 11 is 0. The molecule has 0 fully saturated rings. The zero-order chi connectivity index (χ0) is 17.6. The smallest absolute Gasteiger partial charge is 0.257 e. The Morgan fingerprint density at radius 3 is 2.96 bits per heavy atom. The summed E-state index contributed by atoms with van der Waals surface area (Å²) in [5.74, 6) is 0.348. The second kappa shape index (κ2) is 7.74. The van der Waals surface area contributed by atoms with E-state index in [4.69, 9.17) is 4.74 Å². The number of fused-ring (bicyclic) bond motifs is 1. The van der Waals surface area contributed by atoms with E-state index in [0.29, 0.717) is 35.9 Å². The van der Waals surface area contributed by atoms with Crippen molar-refractivity contribution in [2.75, 3.05) is 6.61 Å². The van der Waals surface area contributed by atoms with Crippen LogP contribution in [0.5, 0.6) is 5.88 Å². The second-order valence-electron chi connectivity index (χ2n) is 5.70. The molecule has 7 nitrogen and oxygen atoms in total. The van der Waals surface area contributed by atoms with Crippen LogP contribution in [0, 0.1) is 6.92 Å². The van der Waals surface area contributed by atoms with Gasteiger partial charge in [-0.05, 0) is 25.5 Å². The Morgan fingerprint density at radius 2 is 2.12 bits per heavy atom. The summed E-state index contributed by atoms with van der Waals surface area (Å²) in [6.45, 7) is 4.85. The Hall–Kier alpha value is -2.96. The highest BCUT2D eigenvalue weighted by atomic mass is 16.5. The fourth-order valence-corrected chi connectivity index (χ4v) is 2.53. The average molecular weight is 339 g/mol. The Labute approximate surface area is 146 Å². The van der Waals surface area contributed by atoms with Gasteiger partial charge in [-0.1, -0.05) is 19.4 Å². The number of ether oxygens (including phenoxy) is 1. The molecular formula is C18H21N5O2. The number of hydrogen-bond donors (Lipinski definition) is 1. The van der Waals surface area contributed by atoms with Gasteiger partial charge in [-0.25, -0.2) is 14.5 Å². The first-order valence-corrected chi connectivity index (χ1v) is 8.35. The van der Waals surface area contributed by atoms with Crippen molar-refractivity contribution >= 4 is 11.6 Å². The fraction of sp³-hybridized carbons (Fsp3) is 0.333. The number of aromatic nitrogens is 4. The maximum Gasteiger partial charge on any atom is 0.257 e. The molecular weight excluding hydrogens is 318 g/mol. The molecule has 0 aromatic carbocycles. The number of nitrogens with zero attached hydrogens (tertiary/aromatic N) is 4. The topological polar surface area (TPSA) is 81.4 Å². The molecule has 7 heteroatoms. The zero-order valence-corrected chi connectivity index (χ0v) is 14.4. The van der Waals surface area contributed by atoms with Crippen LogP contribution in [0.15, 0.2) is 36.8 Å². The van der Waals surface area contributed by atoms with Gasteiger partial charge in [0, 0.05) is 30.7 Å². The molecule has 0 saturated carbocycles. The standard InChI is InChI=1S/C18H21N5O2/c1-3-4-11-25-18-14(7-5-8-20-18)12-21-17(24)15-13(2)22-23-10-6-9-19-16(15)23/h5-10H,3-4,11-12H2,1-2H3,(H,21,24). The van der Waals surface area contributed by atoms with Gasteiger partial charge in [-0.15, -0.1) is 0 Å². The van der Waals surface area contributed by atoms with Gasteiger partial charge in [0.2, 0.25) is 5.88 Å². The summed E-state index contributed by atoms with van der Waals surface area (Å²) in [6, 6.07) is 5.50. The van der Waals surface area contributed by atoms with Crippen LogP contribution in [0.4, 0.5) is 0 Å². The number of hydrogen-bond acceptors (Lipinski definition) is 5. The van der Waals surface area contributed by atoms with Crippen LogP contribution >= 0.6 is 0 Å². The minimum Gasteiger partial charge on any atom is -0.477 e. The number of pyridine rings is 1. The van der Waals surface area contributed by atoms with Gasteiger partial charge in [0.05, 0.1) is 12.3 Å². The average Bonchev–Trinajstić information content (AvgIpc) is 2.96. The lowest BCUT2D eigenvalue weighted by atomic mass is 10.2. The molecule has 130 valence electrons. The molecule has 25 heavy (non-hydrogen) atoms. The van der Waals surface area contributed by atoms with Crippen molar-refractivity contribution in [2.45, 2.75) is 33.2 Å². The summed E-state index contributed by atoms with van der Waals surface area (Å²) < 4.78 is 7.31. The van der Waals surface area contributed by atoms with Gasteiger partial charge < -0.3 is 10.1 Å². The molecule has 3 aromatic heterocycles. The van der Waals surface area contributed by atoms with E-state index in [1.165, 1.54) is 0 Å². The summed E-state index contributed by atoms with van der Waals surface area (Å²) in [6.07, 6.45) is 7.13. The predicted molar refractivity (Wildman–Crippen MR) is 93.5 cm³/mol. The molecule has 0 atom stereocenters. The lowest BCUT2D eigenvalue weighted by Gasteiger charge is -2.10. The minimum atomic E-state index is -0.213. The Bertz CT molecular complexity index is 875. The number of carbonyl (C=O) groups excluding carboxylic acids is 1. The van der Waals surface area contributed by atoms with Gasteiger partial charge in [0.15, 0.2) is 5.65 Å². The van der Waals surface area contributed by atoms with E-state index in [1.807, 2.05) is 12.1 Å². The number of carbonyl (C=O) groups is 1. The van der Waals surface area contributed by atoms with E-state index < -0.39 is 0 Å². The second-order valence-corrected chi connectivity index (χ2v) is 5.70. The Balaban J connectivity index is 1.73. The highest BCUT2D eigenvalue weighted by molar-refractivity contribution is 6.00. The van der Waals surface area contributed by atoms with E-state index in [9.17, 15) is 4.79 Å². The molecule has 0 bridgehead atoms. The zero-order valence-electron chi connectivity index (χ0n) is 14.4. The molecule has 0 aliphatic heterocycles. The van der Waals surface area contributed by atoms with Crippen LogP contribution in [0.3, 0.4) is 0 Å². The molecule has 0 spiro atoms. The molecule has 0 radical (unpaired) electrons. The quantitative estimate of drug-likeness (QED) is 0.669. The van der Waals surface area contributed by atoms with Crippen molar-refractivity contribution in [3.8, 4) is 5.88 Å². The number of nitrogens with one attached hydrogen (secondary N) is 1. The van der Waals surface area contributed by atoms with Gasteiger partial charge >= 0.3 is 0 Å². The minimum absolute atomic E-state index is 0.213. The maximum atomic E-state index is 12.6. The van der Waals surface area contributed by atoms with E-state index >= 15 is 0 Å². The summed E-state index contributed by atoms with van der Waals surface area (Å²) in [7, 11) is 0. The predicted octanol–water partition coefficient (Wildman–Crippen LogP) is 2.54. The van der Waals surface area contributed by atoms with Gasteiger partial charge in [-0.3, -0.25) is 4.79 Å². The molecule has 3 rings (SSSR count). The first kappa shape index (κ1) is 16.9. The van der Waals surface area contributed by atoms with Crippen LogP contribution in [0.2, 0.25) is 0 Å². The Kier molecular flexibility index (Phi) is 5.23. The van der Waals surface area contributed by atoms with Gasteiger partial charge in [0.1, 0.15) is 5.56 Å². The normalized spacial score (nSPS) is 10.8. The van der Waals surface area contributed by atoms with Gasteiger partial charge in [0.25, 0.3) is 5.91 Å². The van der Waals surface area contributed by atoms with Crippen LogP contribution in [0.1, 0.15) is 41.4 Å². The first-order valence-electron chi connectivity index (χ1n) is 8.35. The van der Waals surface area contributed by atoms with Crippen molar-refractivity contribution in [1.29, 1.82) is 0 Å². The van der Waals surface area contributed by atoms with Crippen molar-refractivity contribution < 1.29 is 9.53 Å². The highest BCUT2D eigenvalue weighted by Crippen LogP contribution is 2.16.